The van der Waals surface area contributed by atoms with Crippen LogP contribution in [0.25, 0.3) is 0 Å². The van der Waals surface area contributed by atoms with Crippen LogP contribution in [0.1, 0.15) is 62.4 Å². The van der Waals surface area contributed by atoms with E-state index in [0.717, 1.165) is 94.0 Å². The number of carbonyl (C=O) groups excluding carboxylic acids is 1. The molecule has 3 fully saturated rings. The van der Waals surface area contributed by atoms with Crippen LogP contribution in [0.3, 0.4) is 0 Å². The maximum absolute atomic E-state index is 15.0. The highest BCUT2D eigenvalue weighted by Gasteiger charge is 2.53. The molecule has 1 aromatic heterocycles. The van der Waals surface area contributed by atoms with E-state index in [4.69, 9.17) is 4.74 Å². The van der Waals surface area contributed by atoms with E-state index in [9.17, 15) is 22.4 Å². The van der Waals surface area contributed by atoms with Crippen molar-refractivity contribution in [2.45, 2.75) is 76.6 Å². The number of carbonyl (C=O) groups is 1. The van der Waals surface area contributed by atoms with Crippen molar-refractivity contribution in [3.8, 4) is 0 Å². The van der Waals surface area contributed by atoms with Crippen molar-refractivity contribution >= 4 is 11.7 Å². The number of esters is 1. The molecule has 248 valence electrons. The first-order valence-corrected chi connectivity index (χ1v) is 16.5. The fourth-order valence-electron chi connectivity index (χ4n) is 8.28. The molecule has 0 bridgehead atoms. The summed E-state index contributed by atoms with van der Waals surface area (Å²) in [5, 5.41) is 8.42. The Hall–Kier alpha value is -3.47. The second-order valence-electron chi connectivity index (χ2n) is 13.4. The highest BCUT2D eigenvalue weighted by molar-refractivity contribution is 5.69. The van der Waals surface area contributed by atoms with Gasteiger partial charge in [-0.1, -0.05) is 19.1 Å². The van der Waals surface area contributed by atoms with Gasteiger partial charge in [0.25, 0.3) is 0 Å². The Balaban J connectivity index is 1.19. The zero-order valence-electron chi connectivity index (χ0n) is 26.6. The topological polar surface area (TPSA) is 63.5 Å². The van der Waals surface area contributed by atoms with Gasteiger partial charge in [-0.3, -0.25) is 4.79 Å². The third-order valence-corrected chi connectivity index (χ3v) is 10.6. The first-order chi connectivity index (χ1) is 22.1. The number of aryl methyl sites for hydroxylation is 1. The average Bonchev–Trinajstić information content (AvgIpc) is 3.65. The normalized spacial score (nSPS) is 22.9. The van der Waals surface area contributed by atoms with Crippen molar-refractivity contribution in [1.29, 1.82) is 0 Å². The van der Waals surface area contributed by atoms with Crippen molar-refractivity contribution in [1.82, 2.24) is 19.7 Å². The second-order valence-corrected chi connectivity index (χ2v) is 13.4. The Bertz CT molecular complexity index is 1480. The van der Waals surface area contributed by atoms with E-state index < -0.39 is 17.2 Å². The lowest BCUT2D eigenvalue weighted by molar-refractivity contribution is -0.153. The smallest absolute Gasteiger partial charge is 0.416 e. The van der Waals surface area contributed by atoms with Crippen molar-refractivity contribution in [2.24, 2.45) is 17.8 Å². The minimum Gasteiger partial charge on any atom is -0.462 e. The molecular weight excluding hydrogens is 598 g/mol. The van der Waals surface area contributed by atoms with Gasteiger partial charge in [0.15, 0.2) is 0 Å². The minimum absolute atomic E-state index is 0.0204. The summed E-state index contributed by atoms with van der Waals surface area (Å²) in [6.45, 7) is 8.68. The van der Waals surface area contributed by atoms with Gasteiger partial charge in [-0.05, 0) is 100.0 Å². The first kappa shape index (κ1) is 32.5. The summed E-state index contributed by atoms with van der Waals surface area (Å²) in [6.07, 6.45) is 1.96. The van der Waals surface area contributed by atoms with Crippen LogP contribution < -0.4 is 4.90 Å². The van der Waals surface area contributed by atoms with Crippen molar-refractivity contribution in [3.05, 3.63) is 77.6 Å². The second kappa shape index (κ2) is 13.3. The first-order valence-electron chi connectivity index (χ1n) is 16.5. The maximum Gasteiger partial charge on any atom is 0.416 e. The number of aromatic nitrogens is 3. The molecule has 7 nitrogen and oxygen atoms in total. The molecule has 0 radical (unpaired) electrons. The fraction of sp³-hybridized carbons (Fsp3) is 0.571. The van der Waals surface area contributed by atoms with Crippen molar-refractivity contribution in [2.75, 3.05) is 37.6 Å². The van der Waals surface area contributed by atoms with E-state index in [1.54, 1.807) is 30.6 Å². The lowest BCUT2D eigenvalue weighted by atomic mass is 9.58. The molecule has 2 aliphatic heterocycles. The highest BCUT2D eigenvalue weighted by Crippen LogP contribution is 2.52. The molecule has 0 spiro atoms. The number of likely N-dealkylation sites (tertiary alicyclic amines) is 1. The number of alkyl halides is 3. The molecule has 11 heteroatoms. The molecule has 2 saturated heterocycles. The van der Waals surface area contributed by atoms with E-state index in [1.807, 2.05) is 19.9 Å². The number of rotatable bonds is 10. The van der Waals surface area contributed by atoms with Gasteiger partial charge < -0.3 is 19.1 Å². The summed E-state index contributed by atoms with van der Waals surface area (Å²) in [5.41, 5.74) is 0.640. The van der Waals surface area contributed by atoms with Crippen molar-refractivity contribution in [3.63, 3.8) is 0 Å². The number of hydrogen-bond donors (Lipinski definition) is 0. The highest BCUT2D eigenvalue weighted by atomic mass is 19.4. The lowest BCUT2D eigenvalue weighted by Gasteiger charge is -2.51. The zero-order valence-corrected chi connectivity index (χ0v) is 26.6. The van der Waals surface area contributed by atoms with Gasteiger partial charge in [-0.25, -0.2) is 4.39 Å². The molecule has 6 rings (SSSR count). The summed E-state index contributed by atoms with van der Waals surface area (Å²) >= 11 is 0. The van der Waals surface area contributed by atoms with E-state index >= 15 is 0 Å². The average molecular weight is 642 g/mol. The predicted molar refractivity (Wildman–Crippen MR) is 167 cm³/mol. The summed E-state index contributed by atoms with van der Waals surface area (Å²) in [7, 11) is 0. The Labute approximate surface area is 267 Å². The number of ether oxygens (including phenoxy) is 1. The quantitative estimate of drug-likeness (QED) is 0.183. The van der Waals surface area contributed by atoms with Crippen LogP contribution >= 0.6 is 0 Å². The molecule has 3 atom stereocenters. The van der Waals surface area contributed by atoms with E-state index in [1.165, 1.54) is 6.07 Å². The number of hydrogen-bond acceptors (Lipinski definition) is 6. The molecular formula is C35H43F4N5O2. The Morgan fingerprint density at radius 1 is 1.00 bits per heavy atom. The molecule has 1 saturated carbocycles. The SMILES string of the molecule is CCC(=O)O[C@H]1CCC[C@@H]1[C@](Cn1cnnc1C)(c1cccc(F)c1)C1CCN(CC2CN(c3ccc(C(F)(F)F)cc3)C2)CC1. The lowest BCUT2D eigenvalue weighted by Crippen LogP contribution is -2.55. The summed E-state index contributed by atoms with van der Waals surface area (Å²) in [5.74, 6) is 0.990. The Morgan fingerprint density at radius 2 is 1.74 bits per heavy atom. The number of nitrogens with zero attached hydrogens (tertiary/aromatic N) is 5. The van der Waals surface area contributed by atoms with Crippen LogP contribution in [0.5, 0.6) is 0 Å². The van der Waals surface area contributed by atoms with Gasteiger partial charge in [0.2, 0.25) is 0 Å². The molecule has 3 aliphatic rings. The fourth-order valence-corrected chi connectivity index (χ4v) is 8.28. The number of benzene rings is 2. The van der Waals surface area contributed by atoms with E-state index in [0.29, 0.717) is 18.9 Å². The maximum atomic E-state index is 15.0. The predicted octanol–water partition coefficient (Wildman–Crippen LogP) is 6.65. The molecule has 1 aliphatic carbocycles. The summed E-state index contributed by atoms with van der Waals surface area (Å²) in [4.78, 5) is 17.2. The summed E-state index contributed by atoms with van der Waals surface area (Å²) < 4.78 is 62.1. The third-order valence-electron chi connectivity index (χ3n) is 10.6. The molecule has 46 heavy (non-hydrogen) atoms. The van der Waals surface area contributed by atoms with Gasteiger partial charge in [0.1, 0.15) is 24.1 Å². The standard InChI is InChI=1S/C35H43F4N5O2/c1-3-33(45)46-32-9-5-8-31(32)34(22-44-23-40-41-24(44)2,28-6-4-7-29(36)18-28)26-14-16-42(17-15-26)19-25-20-43(21-25)30-12-10-27(11-13-30)35(37,38)39/h4,6-7,10-13,18,23,25-26,31-32H,3,5,8-9,14-17,19-22H2,1-2H3/t31-,32-,34-/m0/s1. The van der Waals surface area contributed by atoms with E-state index in [-0.39, 0.29) is 29.7 Å². The number of anilines is 1. The molecule has 0 N–H and O–H groups in total. The largest absolute Gasteiger partial charge is 0.462 e. The van der Waals surface area contributed by atoms with Gasteiger partial charge in [-0.2, -0.15) is 13.2 Å². The van der Waals surface area contributed by atoms with Crippen molar-refractivity contribution < 1.29 is 27.1 Å². The monoisotopic (exact) mass is 641 g/mol. The molecule has 3 heterocycles. The Morgan fingerprint density at radius 3 is 2.37 bits per heavy atom. The van der Waals surface area contributed by atoms with Gasteiger partial charge >= 0.3 is 12.1 Å². The molecule has 3 aromatic rings. The third kappa shape index (κ3) is 6.66. The summed E-state index contributed by atoms with van der Waals surface area (Å²) in [6, 6.07) is 12.4. The van der Waals surface area contributed by atoms with E-state index in [2.05, 4.69) is 24.6 Å². The van der Waals surface area contributed by atoms with Crippen LogP contribution in [0.2, 0.25) is 0 Å². The zero-order chi connectivity index (χ0) is 32.5. The number of piperidine rings is 1. The molecule has 0 amide bonds. The Kier molecular flexibility index (Phi) is 9.41. The van der Waals surface area contributed by atoms with Crippen LogP contribution in [-0.2, 0) is 27.7 Å². The van der Waals surface area contributed by atoms with Gasteiger partial charge in [0.05, 0.1) is 5.56 Å². The van der Waals surface area contributed by atoms with Crippen LogP contribution in [0, 0.1) is 30.5 Å². The van der Waals surface area contributed by atoms with Crippen LogP contribution in [0.4, 0.5) is 23.2 Å². The molecule has 2 aromatic carbocycles. The number of halogens is 4. The minimum atomic E-state index is -4.33. The molecule has 0 unspecified atom stereocenters. The van der Waals surface area contributed by atoms with Gasteiger partial charge in [0, 0.05) is 55.5 Å². The van der Waals surface area contributed by atoms with Crippen LogP contribution in [0.15, 0.2) is 54.9 Å². The van der Waals surface area contributed by atoms with Gasteiger partial charge in [-0.15, -0.1) is 10.2 Å². The van der Waals surface area contributed by atoms with Crippen LogP contribution in [-0.4, -0.2) is 64.5 Å².